The molecule has 2 atom stereocenters. The van der Waals surface area contributed by atoms with Crippen LogP contribution in [-0.4, -0.2) is 35.3 Å². The molecular formula is C22H23NO4. The summed E-state index contributed by atoms with van der Waals surface area (Å²) in [4.78, 5) is 14.4. The number of rotatable bonds is 3. The van der Waals surface area contributed by atoms with E-state index in [1.807, 2.05) is 30.3 Å². The Hall–Kier alpha value is -2.63. The lowest BCUT2D eigenvalue weighted by Crippen LogP contribution is -2.44. The number of aromatic hydroxyl groups is 1. The van der Waals surface area contributed by atoms with Crippen LogP contribution in [0.1, 0.15) is 19.4 Å². The van der Waals surface area contributed by atoms with E-state index < -0.39 is 0 Å². The van der Waals surface area contributed by atoms with Gasteiger partial charge in [-0.05, 0) is 37.1 Å². The molecular weight excluding hydrogens is 342 g/mol. The van der Waals surface area contributed by atoms with Crippen molar-refractivity contribution >= 4 is 11.0 Å². The Morgan fingerprint density at radius 1 is 1.07 bits per heavy atom. The third kappa shape index (κ3) is 3.75. The summed E-state index contributed by atoms with van der Waals surface area (Å²) in [5, 5.41) is 11.4. The highest BCUT2D eigenvalue weighted by Gasteiger charge is 2.23. The molecule has 2 heterocycles. The third-order valence-electron chi connectivity index (χ3n) is 4.92. The van der Waals surface area contributed by atoms with Gasteiger partial charge in [-0.3, -0.25) is 4.90 Å². The minimum absolute atomic E-state index is 0.151. The fourth-order valence-electron chi connectivity index (χ4n) is 3.90. The summed E-state index contributed by atoms with van der Waals surface area (Å²) >= 11 is 0. The summed E-state index contributed by atoms with van der Waals surface area (Å²) in [6, 6.07) is 14.5. The molecule has 1 fully saturated rings. The van der Waals surface area contributed by atoms with E-state index in [1.54, 1.807) is 12.1 Å². The van der Waals surface area contributed by atoms with Crippen molar-refractivity contribution in [1.29, 1.82) is 0 Å². The zero-order valence-electron chi connectivity index (χ0n) is 15.5. The summed E-state index contributed by atoms with van der Waals surface area (Å²) in [6.07, 6.45) is 0.302. The number of hydrogen-bond donors (Lipinski definition) is 1. The number of phenols is 1. The zero-order chi connectivity index (χ0) is 19.0. The monoisotopic (exact) mass is 365 g/mol. The van der Waals surface area contributed by atoms with Gasteiger partial charge in [-0.1, -0.05) is 30.3 Å². The van der Waals surface area contributed by atoms with Crippen LogP contribution in [0.15, 0.2) is 57.7 Å². The fourth-order valence-corrected chi connectivity index (χ4v) is 3.90. The van der Waals surface area contributed by atoms with Crippen molar-refractivity contribution in [1.82, 2.24) is 4.90 Å². The smallest absolute Gasteiger partial charge is 0.336 e. The van der Waals surface area contributed by atoms with Crippen LogP contribution in [0.5, 0.6) is 5.75 Å². The molecule has 1 aromatic heterocycles. The average molecular weight is 365 g/mol. The highest BCUT2D eigenvalue weighted by Crippen LogP contribution is 2.34. The second kappa shape index (κ2) is 7.18. The number of benzene rings is 2. The molecule has 1 N–H and O–H groups in total. The summed E-state index contributed by atoms with van der Waals surface area (Å²) in [7, 11) is 0. The van der Waals surface area contributed by atoms with Gasteiger partial charge in [0, 0.05) is 36.7 Å². The molecule has 1 aliphatic heterocycles. The van der Waals surface area contributed by atoms with Crippen molar-refractivity contribution in [3.05, 3.63) is 64.5 Å². The predicted molar refractivity (Wildman–Crippen MR) is 105 cm³/mol. The largest absolute Gasteiger partial charge is 0.507 e. The number of phenolic OH excluding ortho intramolecular Hbond substituents is 1. The van der Waals surface area contributed by atoms with Gasteiger partial charge < -0.3 is 14.3 Å². The highest BCUT2D eigenvalue weighted by atomic mass is 16.5. The van der Waals surface area contributed by atoms with Crippen molar-refractivity contribution in [3.8, 4) is 16.9 Å². The molecule has 0 spiro atoms. The highest BCUT2D eigenvalue weighted by molar-refractivity contribution is 5.88. The average Bonchev–Trinajstić information content (AvgIpc) is 2.62. The molecule has 4 rings (SSSR count). The fraction of sp³-hybridized carbons (Fsp3) is 0.318. The molecule has 3 aromatic rings. The topological polar surface area (TPSA) is 62.9 Å². The summed E-state index contributed by atoms with van der Waals surface area (Å²) in [5.74, 6) is 0.174. The van der Waals surface area contributed by atoms with Crippen molar-refractivity contribution < 1.29 is 14.3 Å². The molecule has 140 valence electrons. The Labute approximate surface area is 157 Å². The van der Waals surface area contributed by atoms with Crippen LogP contribution >= 0.6 is 0 Å². The Bertz CT molecular complexity index is 1000. The first-order chi connectivity index (χ1) is 13.0. The van der Waals surface area contributed by atoms with Crippen molar-refractivity contribution in [2.45, 2.75) is 32.6 Å². The Morgan fingerprint density at radius 2 is 1.78 bits per heavy atom. The molecule has 27 heavy (non-hydrogen) atoms. The van der Waals surface area contributed by atoms with E-state index in [0.29, 0.717) is 17.7 Å². The number of hydrogen-bond acceptors (Lipinski definition) is 5. The lowest BCUT2D eigenvalue weighted by atomic mass is 10.0. The Balaban J connectivity index is 1.76. The van der Waals surface area contributed by atoms with Crippen LogP contribution in [0.4, 0.5) is 0 Å². The van der Waals surface area contributed by atoms with E-state index in [1.165, 1.54) is 6.07 Å². The Kier molecular flexibility index (Phi) is 4.72. The lowest BCUT2D eigenvalue weighted by Gasteiger charge is -2.35. The quantitative estimate of drug-likeness (QED) is 0.716. The minimum Gasteiger partial charge on any atom is -0.507 e. The van der Waals surface area contributed by atoms with Crippen LogP contribution < -0.4 is 5.63 Å². The molecule has 0 unspecified atom stereocenters. The molecule has 0 bridgehead atoms. The zero-order valence-corrected chi connectivity index (χ0v) is 15.5. The van der Waals surface area contributed by atoms with E-state index in [-0.39, 0.29) is 23.6 Å². The molecule has 0 aliphatic carbocycles. The molecule has 5 nitrogen and oxygen atoms in total. The maximum absolute atomic E-state index is 12.1. The van der Waals surface area contributed by atoms with E-state index in [9.17, 15) is 9.90 Å². The van der Waals surface area contributed by atoms with Crippen LogP contribution in [-0.2, 0) is 11.3 Å². The normalized spacial score (nSPS) is 20.8. The van der Waals surface area contributed by atoms with E-state index in [0.717, 1.165) is 29.6 Å². The van der Waals surface area contributed by atoms with Crippen molar-refractivity contribution in [3.63, 3.8) is 0 Å². The van der Waals surface area contributed by atoms with Crippen LogP contribution in [0.2, 0.25) is 0 Å². The van der Waals surface area contributed by atoms with Crippen LogP contribution in [0.25, 0.3) is 22.1 Å². The van der Waals surface area contributed by atoms with Gasteiger partial charge in [0.15, 0.2) is 0 Å². The van der Waals surface area contributed by atoms with Gasteiger partial charge in [0.05, 0.1) is 12.2 Å². The standard InChI is InChI=1S/C22H23NO4/c1-14-11-23(12-15(2)26-14)13-17-8-22(25)27-21-10-18(20(24)9-19(17)21)16-6-4-3-5-7-16/h3-10,14-15,24H,11-13H2,1-2H3/t14-,15+. The molecule has 1 saturated heterocycles. The second-order valence-corrected chi connectivity index (χ2v) is 7.27. The van der Waals surface area contributed by atoms with Crippen LogP contribution in [0, 0.1) is 0 Å². The molecule has 0 radical (unpaired) electrons. The van der Waals surface area contributed by atoms with Crippen molar-refractivity contribution in [2.75, 3.05) is 13.1 Å². The number of fused-ring (bicyclic) bond motifs is 1. The molecule has 1 aliphatic rings. The van der Waals surface area contributed by atoms with Gasteiger partial charge >= 0.3 is 5.63 Å². The van der Waals surface area contributed by atoms with E-state index in [4.69, 9.17) is 9.15 Å². The number of nitrogens with zero attached hydrogens (tertiary/aromatic N) is 1. The van der Waals surface area contributed by atoms with Crippen LogP contribution in [0.3, 0.4) is 0 Å². The maximum Gasteiger partial charge on any atom is 0.336 e. The molecule has 2 aromatic carbocycles. The van der Waals surface area contributed by atoms with Gasteiger partial charge in [-0.15, -0.1) is 0 Å². The van der Waals surface area contributed by atoms with Gasteiger partial charge in [0.1, 0.15) is 11.3 Å². The first kappa shape index (κ1) is 17.8. The van der Waals surface area contributed by atoms with Gasteiger partial charge in [-0.2, -0.15) is 0 Å². The molecule has 0 saturated carbocycles. The lowest BCUT2D eigenvalue weighted by molar-refractivity contribution is -0.0704. The third-order valence-corrected chi connectivity index (χ3v) is 4.92. The first-order valence-electron chi connectivity index (χ1n) is 9.22. The number of morpholine rings is 1. The van der Waals surface area contributed by atoms with E-state index in [2.05, 4.69) is 18.7 Å². The minimum atomic E-state index is -0.378. The second-order valence-electron chi connectivity index (χ2n) is 7.27. The molecule has 0 amide bonds. The summed E-state index contributed by atoms with van der Waals surface area (Å²) in [6.45, 7) is 6.33. The number of ether oxygens (including phenoxy) is 1. The SMILES string of the molecule is C[C@@H]1CN(Cc2cc(=O)oc3cc(-c4ccccc4)c(O)cc23)C[C@H](C)O1. The van der Waals surface area contributed by atoms with Gasteiger partial charge in [0.2, 0.25) is 0 Å². The summed E-state index contributed by atoms with van der Waals surface area (Å²) in [5.41, 5.74) is 2.50. The first-order valence-corrected chi connectivity index (χ1v) is 9.22. The summed E-state index contributed by atoms with van der Waals surface area (Å²) < 4.78 is 11.2. The van der Waals surface area contributed by atoms with E-state index >= 15 is 0 Å². The van der Waals surface area contributed by atoms with Gasteiger partial charge in [0.25, 0.3) is 0 Å². The Morgan fingerprint density at radius 3 is 2.48 bits per heavy atom. The predicted octanol–water partition coefficient (Wildman–Crippen LogP) is 3.77. The van der Waals surface area contributed by atoms with Crippen molar-refractivity contribution in [2.24, 2.45) is 0 Å². The van der Waals surface area contributed by atoms with Gasteiger partial charge in [-0.25, -0.2) is 4.79 Å². The maximum atomic E-state index is 12.1. The molecule has 5 heteroatoms.